The second-order valence-corrected chi connectivity index (χ2v) is 27.7. The molecule has 0 bridgehead atoms. The van der Waals surface area contributed by atoms with Crippen LogP contribution >= 0.6 is 45.3 Å². The van der Waals surface area contributed by atoms with Gasteiger partial charge in [-0.25, -0.2) is 0 Å². The van der Waals surface area contributed by atoms with Gasteiger partial charge >= 0.3 is 0 Å². The highest BCUT2D eigenvalue weighted by Gasteiger charge is 2.53. The first-order chi connectivity index (χ1) is 38.3. The van der Waals surface area contributed by atoms with Crippen molar-refractivity contribution in [2.45, 2.75) is 181 Å². The third kappa shape index (κ3) is 10.6. The summed E-state index contributed by atoms with van der Waals surface area (Å²) in [5, 5.41) is 0. The molecule has 4 heterocycles. The van der Waals surface area contributed by atoms with Crippen LogP contribution in [0.15, 0.2) is 146 Å². The quantitative estimate of drug-likeness (QED) is 0.0474. The molecule has 0 unspecified atom stereocenters. The maximum absolute atomic E-state index is 2.73. The molecule has 2 aliphatic carbocycles. The van der Waals surface area contributed by atoms with Gasteiger partial charge in [-0.1, -0.05) is 202 Å². The van der Waals surface area contributed by atoms with Gasteiger partial charge in [0.15, 0.2) is 0 Å². The lowest BCUT2D eigenvalue weighted by Crippen LogP contribution is -2.30. The summed E-state index contributed by atoms with van der Waals surface area (Å²) in [5.74, 6) is 0. The average Bonchev–Trinajstić information content (AvgIpc) is 3.44. The fraction of sp³-hybridized carbons (Fsp3) is 0.378. The lowest BCUT2D eigenvalue weighted by molar-refractivity contribution is 0.666. The van der Waals surface area contributed by atoms with Crippen molar-refractivity contribution in [3.05, 3.63) is 222 Å². The summed E-state index contributed by atoms with van der Waals surface area (Å²) >= 11 is 7.89. The molecule has 0 spiro atoms. The number of hydrogen-bond donors (Lipinski definition) is 0. The molecule has 0 amide bonds. The first-order valence-corrected chi connectivity index (χ1v) is 33.6. The van der Waals surface area contributed by atoms with Gasteiger partial charge in [-0.05, 0) is 192 Å². The number of fused-ring (bicyclic) bond motifs is 6. The van der Waals surface area contributed by atoms with Crippen LogP contribution in [-0.2, 0) is 36.5 Å². The van der Waals surface area contributed by atoms with Crippen LogP contribution in [0.4, 0.5) is 0 Å². The van der Waals surface area contributed by atoms with E-state index in [1.807, 2.05) is 45.3 Å². The van der Waals surface area contributed by atoms with E-state index in [2.05, 4.69) is 187 Å². The van der Waals surface area contributed by atoms with Crippen molar-refractivity contribution < 1.29 is 0 Å². The minimum absolute atomic E-state index is 0.474. The van der Waals surface area contributed by atoms with Gasteiger partial charge in [0.2, 0.25) is 0 Å². The molecule has 0 atom stereocenters. The van der Waals surface area contributed by atoms with Crippen molar-refractivity contribution in [1.29, 1.82) is 0 Å². The van der Waals surface area contributed by atoms with Gasteiger partial charge in [0.05, 0.1) is 10.8 Å². The molecule has 0 aliphatic heterocycles. The van der Waals surface area contributed by atoms with E-state index in [9.17, 15) is 0 Å². The fourth-order valence-corrected chi connectivity index (χ4v) is 17.7. The standard InChI is InChI=1S/C74H82S4/c1-7-11-15-19-23-53-28-36-57(37-29-53)73(58-38-30-54(31-39-58)24-20-16-12-8-2)63-49-62-64(48-61(63)71-65(73)47-52(6)76-71)74(59-40-32-55(33-41-59)25-21-17-13-9-3,60-42-34-56(35-43-60)26-22-18-14-10-4)66-50-70(78-72(62)66)69-46-45-68(77-69)67-44-27-51(5)75-67/h27-50H,7-26H2,1-6H3. The minimum Gasteiger partial charge on any atom is -0.140 e. The van der Waals surface area contributed by atoms with Crippen LogP contribution in [0.2, 0.25) is 0 Å². The molecular weight excluding hydrogens is 1020 g/mol. The van der Waals surface area contributed by atoms with E-state index in [0.717, 1.165) is 25.7 Å². The number of benzene rings is 5. The van der Waals surface area contributed by atoms with Gasteiger partial charge in [-0.15, -0.1) is 45.3 Å². The summed E-state index contributed by atoms with van der Waals surface area (Å²) in [6.45, 7) is 13.8. The normalized spacial score (nSPS) is 13.7. The van der Waals surface area contributed by atoms with Crippen molar-refractivity contribution in [2.24, 2.45) is 0 Å². The highest BCUT2D eigenvalue weighted by Crippen LogP contribution is 2.65. The van der Waals surface area contributed by atoms with Gasteiger partial charge in [-0.3, -0.25) is 0 Å². The maximum Gasteiger partial charge on any atom is 0.0722 e. The Hall–Kier alpha value is -5.10. The van der Waals surface area contributed by atoms with E-state index in [4.69, 9.17) is 0 Å². The van der Waals surface area contributed by atoms with E-state index in [1.165, 1.54) is 220 Å². The van der Waals surface area contributed by atoms with E-state index in [1.54, 1.807) is 0 Å². The summed E-state index contributed by atoms with van der Waals surface area (Å²) < 4.78 is 0. The maximum atomic E-state index is 2.73. The fourth-order valence-electron chi connectivity index (χ4n) is 13.3. The lowest BCUT2D eigenvalue weighted by atomic mass is 9.65. The zero-order chi connectivity index (χ0) is 53.6. The first-order valence-electron chi connectivity index (χ1n) is 30.3. The minimum atomic E-state index is -0.516. The molecule has 9 aromatic rings. The Morgan fingerprint density at radius 1 is 0.282 bits per heavy atom. The Bertz CT molecular complexity index is 3290. The monoisotopic (exact) mass is 1100 g/mol. The van der Waals surface area contributed by atoms with Crippen molar-refractivity contribution in [3.8, 4) is 40.4 Å². The zero-order valence-electron chi connectivity index (χ0n) is 47.6. The lowest BCUT2D eigenvalue weighted by Gasteiger charge is -2.35. The molecule has 0 fully saturated rings. The van der Waals surface area contributed by atoms with Crippen LogP contribution in [0.5, 0.6) is 0 Å². The molecule has 402 valence electrons. The number of hydrogen-bond acceptors (Lipinski definition) is 4. The molecule has 0 radical (unpaired) electrons. The van der Waals surface area contributed by atoms with E-state index in [0.29, 0.717) is 0 Å². The predicted octanol–water partition coefficient (Wildman–Crippen LogP) is 23.1. The summed E-state index contributed by atoms with van der Waals surface area (Å²) in [4.78, 5) is 11.0. The van der Waals surface area contributed by atoms with Crippen LogP contribution in [-0.4, -0.2) is 0 Å². The smallest absolute Gasteiger partial charge is 0.0722 e. The second-order valence-electron chi connectivity index (χ2n) is 23.0. The van der Waals surface area contributed by atoms with E-state index < -0.39 is 10.8 Å². The molecule has 2 aliphatic rings. The molecular formula is C74H82S4. The number of aryl methyl sites for hydroxylation is 6. The Labute approximate surface area is 485 Å². The first kappa shape index (κ1) is 54.8. The third-order valence-corrected chi connectivity index (χ3v) is 22.2. The molecule has 4 aromatic heterocycles. The van der Waals surface area contributed by atoms with Crippen molar-refractivity contribution in [1.82, 2.24) is 0 Å². The summed E-state index contributed by atoms with van der Waals surface area (Å²) in [5.41, 5.74) is 18.9. The molecule has 4 heteroatoms. The Kier molecular flexibility index (Phi) is 17.4. The van der Waals surface area contributed by atoms with Gasteiger partial charge < -0.3 is 0 Å². The topological polar surface area (TPSA) is 0 Å². The molecule has 11 rings (SSSR count). The van der Waals surface area contributed by atoms with Crippen LogP contribution in [0, 0.1) is 13.8 Å². The largest absolute Gasteiger partial charge is 0.140 e. The second kappa shape index (κ2) is 24.7. The van der Waals surface area contributed by atoms with Gasteiger partial charge in [0.25, 0.3) is 0 Å². The van der Waals surface area contributed by atoms with Crippen molar-refractivity contribution in [3.63, 3.8) is 0 Å². The Balaban J connectivity index is 1.14. The van der Waals surface area contributed by atoms with Crippen molar-refractivity contribution in [2.75, 3.05) is 0 Å². The summed E-state index contributed by atoms with van der Waals surface area (Å²) in [7, 11) is 0. The van der Waals surface area contributed by atoms with Gasteiger partial charge in [0.1, 0.15) is 0 Å². The Morgan fingerprint density at radius 2 is 0.628 bits per heavy atom. The number of unbranched alkanes of at least 4 members (excludes halogenated alkanes) is 12. The van der Waals surface area contributed by atoms with Gasteiger partial charge in [0, 0.05) is 39.0 Å². The molecule has 0 saturated carbocycles. The van der Waals surface area contributed by atoms with Crippen LogP contribution < -0.4 is 0 Å². The molecule has 0 saturated heterocycles. The molecule has 0 nitrogen and oxygen atoms in total. The molecule has 78 heavy (non-hydrogen) atoms. The van der Waals surface area contributed by atoms with Crippen LogP contribution in [0.1, 0.15) is 207 Å². The van der Waals surface area contributed by atoms with Gasteiger partial charge in [-0.2, -0.15) is 0 Å². The Morgan fingerprint density at radius 3 is 1.00 bits per heavy atom. The van der Waals surface area contributed by atoms with E-state index in [-0.39, 0.29) is 0 Å². The summed E-state index contributed by atoms with van der Waals surface area (Å²) in [6.07, 6.45) is 25.0. The van der Waals surface area contributed by atoms with E-state index >= 15 is 0 Å². The number of rotatable bonds is 26. The highest BCUT2D eigenvalue weighted by molar-refractivity contribution is 7.27. The van der Waals surface area contributed by atoms with Crippen LogP contribution in [0.3, 0.4) is 0 Å². The molecule has 0 N–H and O–H groups in total. The third-order valence-electron chi connectivity index (χ3n) is 17.5. The van der Waals surface area contributed by atoms with Crippen molar-refractivity contribution >= 4 is 45.3 Å². The highest BCUT2D eigenvalue weighted by atomic mass is 32.1. The zero-order valence-corrected chi connectivity index (χ0v) is 50.9. The SMILES string of the molecule is CCCCCCc1ccc(C2(c3ccc(CCCCCC)cc3)c3cc4c(cc3-c3sc(C)cc32)C(c2ccc(CCCCCC)cc2)(c2ccc(CCCCCC)cc2)c2cc(-c3ccc(-c5ccc(C)s5)s3)sc2-4)cc1. The number of thiophene rings is 4. The summed E-state index contributed by atoms with van der Waals surface area (Å²) in [6, 6.07) is 59.9. The van der Waals surface area contributed by atoms with Crippen LogP contribution in [0.25, 0.3) is 40.4 Å². The predicted molar refractivity (Wildman–Crippen MR) is 344 cm³/mol. The average molecular weight is 1100 g/mol. The molecule has 5 aromatic carbocycles.